The number of hydrogen-bond acceptors (Lipinski definition) is 8. The van der Waals surface area contributed by atoms with Gasteiger partial charge in [0.1, 0.15) is 12.3 Å². The molecular formula is C17H16N4O6. The molecule has 0 fully saturated rings. The number of nitro benzene ring substituents is 2. The molecule has 0 aromatic heterocycles. The van der Waals surface area contributed by atoms with Crippen molar-refractivity contribution in [2.24, 2.45) is 5.10 Å². The zero-order chi connectivity index (χ0) is 19.8. The van der Waals surface area contributed by atoms with Crippen molar-refractivity contribution in [3.05, 3.63) is 74.3 Å². The molecule has 0 bridgehead atoms. The minimum atomic E-state index is -0.756. The van der Waals surface area contributed by atoms with E-state index in [0.29, 0.717) is 5.71 Å². The molecular weight excluding hydrogens is 356 g/mol. The van der Waals surface area contributed by atoms with E-state index >= 15 is 0 Å². The Morgan fingerprint density at radius 1 is 1.11 bits per heavy atom. The Hall–Kier alpha value is -3.82. The molecule has 0 saturated carbocycles. The van der Waals surface area contributed by atoms with Gasteiger partial charge < -0.3 is 4.74 Å². The third-order valence-corrected chi connectivity index (χ3v) is 3.40. The van der Waals surface area contributed by atoms with Gasteiger partial charge in [-0.05, 0) is 18.6 Å². The zero-order valence-electron chi connectivity index (χ0n) is 14.3. The van der Waals surface area contributed by atoms with E-state index in [2.05, 4.69) is 10.5 Å². The Balaban J connectivity index is 1.97. The fourth-order valence-electron chi connectivity index (χ4n) is 2.07. The van der Waals surface area contributed by atoms with Crippen LogP contribution in [0.15, 0.2) is 53.6 Å². The van der Waals surface area contributed by atoms with Gasteiger partial charge in [0.25, 0.3) is 5.69 Å². The van der Waals surface area contributed by atoms with Gasteiger partial charge >= 0.3 is 11.7 Å². The predicted molar refractivity (Wildman–Crippen MR) is 97.3 cm³/mol. The zero-order valence-corrected chi connectivity index (χ0v) is 14.3. The van der Waals surface area contributed by atoms with Gasteiger partial charge in [-0.1, -0.05) is 30.3 Å². The lowest BCUT2D eigenvalue weighted by molar-refractivity contribution is -0.393. The largest absolute Gasteiger partial charge is 0.461 e. The number of nitrogens with one attached hydrogen (secondary N) is 1. The number of benzene rings is 2. The maximum Gasteiger partial charge on any atom is 0.311 e. The number of nitrogens with zero attached hydrogens (tertiary/aromatic N) is 3. The van der Waals surface area contributed by atoms with Crippen LogP contribution in [-0.4, -0.2) is 21.5 Å². The molecule has 0 spiro atoms. The first-order valence-electron chi connectivity index (χ1n) is 7.78. The van der Waals surface area contributed by atoms with Crippen molar-refractivity contribution < 1.29 is 19.4 Å². The van der Waals surface area contributed by atoms with E-state index in [4.69, 9.17) is 4.74 Å². The van der Waals surface area contributed by atoms with E-state index in [9.17, 15) is 25.0 Å². The summed E-state index contributed by atoms with van der Waals surface area (Å²) in [6, 6.07) is 12.3. The van der Waals surface area contributed by atoms with Crippen LogP contribution in [0, 0.1) is 20.2 Å². The van der Waals surface area contributed by atoms with Gasteiger partial charge in [0.2, 0.25) is 0 Å². The second-order valence-electron chi connectivity index (χ2n) is 5.50. The fourth-order valence-corrected chi connectivity index (χ4v) is 2.07. The molecule has 27 heavy (non-hydrogen) atoms. The SMILES string of the molecule is C/C(CC(=O)OCc1ccccc1)=N/Nc1ccc([N+](=O)[O-])cc1[N+](=O)[O-]. The average Bonchev–Trinajstić information content (AvgIpc) is 2.65. The van der Waals surface area contributed by atoms with Crippen LogP contribution in [0.4, 0.5) is 17.1 Å². The molecule has 0 saturated heterocycles. The second kappa shape index (κ2) is 9.04. The number of non-ortho nitro benzene ring substituents is 1. The van der Waals surface area contributed by atoms with Gasteiger partial charge in [-0.3, -0.25) is 30.4 Å². The van der Waals surface area contributed by atoms with Crippen molar-refractivity contribution in [1.82, 2.24) is 0 Å². The van der Waals surface area contributed by atoms with E-state index in [1.54, 1.807) is 6.92 Å². The van der Waals surface area contributed by atoms with E-state index in [0.717, 1.165) is 17.7 Å². The van der Waals surface area contributed by atoms with Crippen molar-refractivity contribution in [3.8, 4) is 0 Å². The summed E-state index contributed by atoms with van der Waals surface area (Å²) < 4.78 is 5.12. The van der Waals surface area contributed by atoms with E-state index in [1.165, 1.54) is 6.07 Å². The average molecular weight is 372 g/mol. The number of anilines is 1. The molecule has 140 valence electrons. The van der Waals surface area contributed by atoms with Crippen molar-refractivity contribution >= 4 is 28.7 Å². The highest BCUT2D eigenvalue weighted by molar-refractivity contribution is 5.97. The number of rotatable bonds is 8. The minimum absolute atomic E-state index is 0.0254. The Kier molecular flexibility index (Phi) is 6.53. The van der Waals surface area contributed by atoms with Crippen molar-refractivity contribution in [2.45, 2.75) is 20.0 Å². The van der Waals surface area contributed by atoms with Crippen molar-refractivity contribution in [3.63, 3.8) is 0 Å². The molecule has 0 aliphatic carbocycles. The first-order chi connectivity index (χ1) is 12.9. The fraction of sp³-hybridized carbons (Fsp3) is 0.176. The smallest absolute Gasteiger partial charge is 0.311 e. The van der Waals surface area contributed by atoms with Gasteiger partial charge in [-0.25, -0.2) is 0 Å². The monoisotopic (exact) mass is 372 g/mol. The van der Waals surface area contributed by atoms with Gasteiger partial charge in [-0.15, -0.1) is 0 Å². The maximum absolute atomic E-state index is 11.8. The number of ether oxygens (including phenoxy) is 1. The highest BCUT2D eigenvalue weighted by Crippen LogP contribution is 2.28. The summed E-state index contributed by atoms with van der Waals surface area (Å²) in [7, 11) is 0. The first-order valence-corrected chi connectivity index (χ1v) is 7.78. The lowest BCUT2D eigenvalue weighted by Gasteiger charge is -2.06. The molecule has 2 rings (SSSR count). The summed E-state index contributed by atoms with van der Waals surface area (Å²) in [5.41, 5.74) is 2.71. The van der Waals surface area contributed by atoms with E-state index in [1.807, 2.05) is 30.3 Å². The molecule has 10 nitrogen and oxygen atoms in total. The van der Waals surface area contributed by atoms with Gasteiger partial charge in [0, 0.05) is 11.8 Å². The highest BCUT2D eigenvalue weighted by Gasteiger charge is 2.19. The topological polar surface area (TPSA) is 137 Å². The molecule has 0 unspecified atom stereocenters. The van der Waals surface area contributed by atoms with E-state index in [-0.39, 0.29) is 18.7 Å². The van der Waals surface area contributed by atoms with Crippen LogP contribution >= 0.6 is 0 Å². The standard InChI is InChI=1S/C17H16N4O6/c1-12(9-17(22)27-11-13-5-3-2-4-6-13)18-19-15-8-7-14(20(23)24)10-16(15)21(25)26/h2-8,10,19H,9,11H2,1H3/b18-12-. The summed E-state index contributed by atoms with van der Waals surface area (Å²) in [6.45, 7) is 1.68. The molecule has 0 amide bonds. The summed E-state index contributed by atoms with van der Waals surface area (Å²) in [4.78, 5) is 32.1. The third-order valence-electron chi connectivity index (χ3n) is 3.40. The lowest BCUT2D eigenvalue weighted by atomic mass is 10.2. The number of hydrazone groups is 1. The Morgan fingerprint density at radius 2 is 1.81 bits per heavy atom. The molecule has 0 heterocycles. The molecule has 2 aromatic carbocycles. The highest BCUT2D eigenvalue weighted by atomic mass is 16.6. The minimum Gasteiger partial charge on any atom is -0.461 e. The van der Waals surface area contributed by atoms with Crippen molar-refractivity contribution in [1.29, 1.82) is 0 Å². The molecule has 2 aromatic rings. The summed E-state index contributed by atoms with van der Waals surface area (Å²) in [5.74, 6) is -0.500. The molecule has 0 atom stereocenters. The quantitative estimate of drug-likeness (QED) is 0.324. The number of carbonyl (C=O) groups is 1. The van der Waals surface area contributed by atoms with Crippen LogP contribution in [0.25, 0.3) is 0 Å². The third kappa shape index (κ3) is 5.88. The second-order valence-corrected chi connectivity index (χ2v) is 5.50. The number of esters is 1. The number of nitro groups is 2. The van der Waals surface area contributed by atoms with Crippen LogP contribution in [-0.2, 0) is 16.1 Å². The van der Waals surface area contributed by atoms with Gasteiger partial charge in [-0.2, -0.15) is 5.10 Å². The molecule has 0 aliphatic rings. The summed E-state index contributed by atoms with van der Waals surface area (Å²) in [5, 5.41) is 25.7. The summed E-state index contributed by atoms with van der Waals surface area (Å²) >= 11 is 0. The van der Waals surface area contributed by atoms with Gasteiger partial charge in [0.05, 0.1) is 22.3 Å². The lowest BCUT2D eigenvalue weighted by Crippen LogP contribution is -2.10. The maximum atomic E-state index is 11.8. The predicted octanol–water partition coefficient (Wildman–Crippen LogP) is 3.42. The Labute approximate surface area is 153 Å². The van der Waals surface area contributed by atoms with Crippen LogP contribution in [0.1, 0.15) is 18.9 Å². The number of hydrogen-bond donors (Lipinski definition) is 1. The number of carbonyl (C=O) groups excluding carboxylic acids is 1. The van der Waals surface area contributed by atoms with Crippen molar-refractivity contribution in [2.75, 3.05) is 5.43 Å². The van der Waals surface area contributed by atoms with Gasteiger partial charge in [0.15, 0.2) is 0 Å². The van der Waals surface area contributed by atoms with Crippen LogP contribution < -0.4 is 5.43 Å². The van der Waals surface area contributed by atoms with E-state index < -0.39 is 27.2 Å². The van der Waals surface area contributed by atoms with Crippen LogP contribution in [0.2, 0.25) is 0 Å². The Bertz CT molecular complexity index is 882. The van der Waals surface area contributed by atoms with Crippen LogP contribution in [0.3, 0.4) is 0 Å². The molecule has 0 radical (unpaired) electrons. The normalized spacial score (nSPS) is 10.9. The summed E-state index contributed by atoms with van der Waals surface area (Å²) in [6.07, 6.45) is -0.111. The first kappa shape index (κ1) is 19.5. The molecule has 10 heteroatoms. The van der Waals surface area contributed by atoms with Crippen LogP contribution in [0.5, 0.6) is 0 Å². The molecule has 1 N–H and O–H groups in total. The molecule has 0 aliphatic heterocycles. The Morgan fingerprint density at radius 3 is 2.44 bits per heavy atom.